The summed E-state index contributed by atoms with van der Waals surface area (Å²) in [4.78, 5) is 4.69. The molecule has 0 saturated carbocycles. The van der Waals surface area contributed by atoms with Crippen molar-refractivity contribution in [3.8, 4) is 0 Å². The number of thiazole rings is 1. The highest BCUT2D eigenvalue weighted by Crippen LogP contribution is 2.19. The monoisotopic (exact) mass is 238 g/mol. The molecule has 1 heterocycles. The molecule has 80 valence electrons. The van der Waals surface area contributed by atoms with E-state index in [-0.39, 0.29) is 25.0 Å². The molecule has 9 heteroatoms. The Morgan fingerprint density at radius 2 is 2.29 bits per heavy atom. The number of ether oxygens (including phenoxy) is 1. The van der Waals surface area contributed by atoms with E-state index in [1.807, 2.05) is 0 Å². The van der Waals surface area contributed by atoms with Gasteiger partial charge in [0.05, 0.1) is 4.88 Å². The van der Waals surface area contributed by atoms with Gasteiger partial charge in [-0.25, -0.2) is 21.8 Å². The molecule has 0 unspecified atom stereocenters. The largest absolute Gasteiger partial charge is 0.460 e. The van der Waals surface area contributed by atoms with E-state index in [9.17, 15) is 0 Å². The quantitative estimate of drug-likeness (QED) is 0.244. The third-order valence-electron chi connectivity index (χ3n) is 1.13. The van der Waals surface area contributed by atoms with Gasteiger partial charge in [0.25, 0.3) is 6.02 Å². The van der Waals surface area contributed by atoms with Crippen molar-refractivity contribution in [1.29, 1.82) is 5.41 Å². The zero-order valence-electron chi connectivity index (χ0n) is 7.14. The van der Waals surface area contributed by atoms with Gasteiger partial charge in [-0.2, -0.15) is 0 Å². The first-order valence-electron chi connectivity index (χ1n) is 3.30. The molecule has 0 aliphatic carbocycles. The molecule has 0 fully saturated rings. The van der Waals surface area contributed by atoms with Crippen molar-refractivity contribution >= 4 is 34.9 Å². The zero-order valence-corrected chi connectivity index (χ0v) is 8.77. The molecule has 7 nitrogen and oxygen atoms in total. The van der Waals surface area contributed by atoms with Gasteiger partial charge in [0, 0.05) is 6.20 Å². The SMILES string of the molecule is Cl.N=C(N)OCc1cnc(N(N)N)s1. The van der Waals surface area contributed by atoms with Crippen molar-refractivity contribution in [2.75, 3.05) is 5.12 Å². The molecule has 0 aliphatic rings. The number of halogens is 1. The van der Waals surface area contributed by atoms with Gasteiger partial charge < -0.3 is 10.5 Å². The topological polar surface area (TPSA) is 127 Å². The predicted molar refractivity (Wildman–Crippen MR) is 56.9 cm³/mol. The third kappa shape index (κ3) is 3.75. The Morgan fingerprint density at radius 1 is 1.64 bits per heavy atom. The molecule has 1 rings (SSSR count). The second kappa shape index (κ2) is 5.60. The Labute approximate surface area is 90.7 Å². The number of anilines is 1. The fraction of sp³-hybridized carbons (Fsp3) is 0.200. The summed E-state index contributed by atoms with van der Waals surface area (Å²) in [5, 5.41) is 8.21. The van der Waals surface area contributed by atoms with Crippen LogP contribution in [0.2, 0.25) is 0 Å². The van der Waals surface area contributed by atoms with Crippen LogP contribution in [0.1, 0.15) is 4.88 Å². The molecule has 0 aromatic carbocycles. The molecule has 7 N–H and O–H groups in total. The number of nitrogens with one attached hydrogen (secondary N) is 1. The maximum atomic E-state index is 6.81. The average Bonchev–Trinajstić information content (AvgIpc) is 2.48. The van der Waals surface area contributed by atoms with Crippen LogP contribution < -0.4 is 22.5 Å². The third-order valence-corrected chi connectivity index (χ3v) is 2.12. The van der Waals surface area contributed by atoms with Crippen LogP contribution in [0.15, 0.2) is 6.20 Å². The highest BCUT2D eigenvalue weighted by molar-refractivity contribution is 7.15. The summed E-state index contributed by atoms with van der Waals surface area (Å²) in [6.07, 6.45) is 1.57. The Bertz CT molecular complexity index is 302. The number of nitrogens with two attached hydrogens (primary N) is 3. The van der Waals surface area contributed by atoms with Crippen LogP contribution in [0.3, 0.4) is 0 Å². The molecule has 0 bridgehead atoms. The first-order chi connectivity index (χ1) is 6.09. The Balaban J connectivity index is 0.00000169. The first-order valence-corrected chi connectivity index (χ1v) is 4.12. The minimum Gasteiger partial charge on any atom is -0.460 e. The number of hydrogen-bond acceptors (Lipinski definition) is 7. The van der Waals surface area contributed by atoms with E-state index < -0.39 is 0 Å². The maximum Gasteiger partial charge on any atom is 0.279 e. The Hall–Kier alpha value is -1.09. The van der Waals surface area contributed by atoms with Gasteiger partial charge >= 0.3 is 0 Å². The van der Waals surface area contributed by atoms with Gasteiger partial charge in [0.2, 0.25) is 5.13 Å². The van der Waals surface area contributed by atoms with Crippen molar-refractivity contribution in [3.63, 3.8) is 0 Å². The number of hydrogen-bond donors (Lipinski definition) is 4. The first kappa shape index (κ1) is 12.9. The number of hydrazine groups is 2. The molecule has 0 aliphatic heterocycles. The van der Waals surface area contributed by atoms with Gasteiger partial charge in [-0.1, -0.05) is 11.3 Å². The Morgan fingerprint density at radius 3 is 2.71 bits per heavy atom. The summed E-state index contributed by atoms with van der Waals surface area (Å²) in [5.41, 5.74) is 4.99. The minimum absolute atomic E-state index is 0. The zero-order chi connectivity index (χ0) is 9.84. The molecule has 0 amide bonds. The predicted octanol–water partition coefficient (Wildman–Crippen LogP) is -0.471. The molecular formula is C5H11ClN6OS. The van der Waals surface area contributed by atoms with Crippen molar-refractivity contribution in [2.24, 2.45) is 17.4 Å². The summed E-state index contributed by atoms with van der Waals surface area (Å²) >= 11 is 1.27. The van der Waals surface area contributed by atoms with Gasteiger partial charge in [0.1, 0.15) is 6.61 Å². The van der Waals surface area contributed by atoms with Crippen LogP contribution in [-0.4, -0.2) is 11.0 Å². The van der Waals surface area contributed by atoms with Gasteiger partial charge in [0.15, 0.2) is 0 Å². The lowest BCUT2D eigenvalue weighted by Crippen LogP contribution is -2.37. The van der Waals surface area contributed by atoms with Gasteiger partial charge in [-0.15, -0.1) is 12.4 Å². The normalized spacial score (nSPS) is 9.00. The van der Waals surface area contributed by atoms with E-state index in [1.165, 1.54) is 11.3 Å². The fourth-order valence-electron chi connectivity index (χ4n) is 0.632. The number of aromatic nitrogens is 1. The van der Waals surface area contributed by atoms with Crippen LogP contribution in [0, 0.1) is 5.41 Å². The minimum atomic E-state index is -0.327. The second-order valence-electron chi connectivity index (χ2n) is 2.17. The fourth-order valence-corrected chi connectivity index (χ4v) is 1.30. The van der Waals surface area contributed by atoms with E-state index in [0.29, 0.717) is 5.13 Å². The van der Waals surface area contributed by atoms with Crippen molar-refractivity contribution < 1.29 is 4.74 Å². The summed E-state index contributed by atoms with van der Waals surface area (Å²) in [6, 6.07) is -0.327. The van der Waals surface area contributed by atoms with Crippen molar-refractivity contribution in [3.05, 3.63) is 11.1 Å². The summed E-state index contributed by atoms with van der Waals surface area (Å²) in [6.45, 7) is 0.209. The van der Waals surface area contributed by atoms with Gasteiger partial charge in [-0.3, -0.25) is 5.41 Å². The number of amidine groups is 1. The standard InChI is InChI=1S/C5H10N6OS.ClH/c6-4(7)12-2-3-1-10-5(13-3)11(8)9;/h1H,2,8-9H2,(H3,6,7);1H. The lowest BCUT2D eigenvalue weighted by atomic mass is 10.6. The molecular weight excluding hydrogens is 228 g/mol. The lowest BCUT2D eigenvalue weighted by molar-refractivity contribution is 0.288. The van der Waals surface area contributed by atoms with E-state index in [1.54, 1.807) is 6.20 Å². The molecule has 14 heavy (non-hydrogen) atoms. The van der Waals surface area contributed by atoms with Crippen LogP contribution in [0.5, 0.6) is 0 Å². The smallest absolute Gasteiger partial charge is 0.279 e. The van der Waals surface area contributed by atoms with E-state index in [4.69, 9.17) is 27.6 Å². The molecule has 1 aromatic heterocycles. The summed E-state index contributed by atoms with van der Waals surface area (Å²) in [5.74, 6) is 10.5. The van der Waals surface area contributed by atoms with Crippen LogP contribution in [-0.2, 0) is 11.3 Å². The van der Waals surface area contributed by atoms with Crippen molar-refractivity contribution in [1.82, 2.24) is 4.98 Å². The molecule has 0 radical (unpaired) electrons. The van der Waals surface area contributed by atoms with Crippen LogP contribution in [0.25, 0.3) is 0 Å². The van der Waals surface area contributed by atoms with E-state index >= 15 is 0 Å². The summed E-state index contributed by atoms with van der Waals surface area (Å²) < 4.78 is 4.75. The van der Waals surface area contributed by atoms with E-state index in [0.717, 1.165) is 10.00 Å². The average molecular weight is 239 g/mol. The maximum absolute atomic E-state index is 6.81. The van der Waals surface area contributed by atoms with Crippen LogP contribution >= 0.6 is 23.7 Å². The molecule has 1 aromatic rings. The number of nitrogens with zero attached hydrogens (tertiary/aromatic N) is 2. The molecule has 0 saturated heterocycles. The second-order valence-corrected chi connectivity index (χ2v) is 3.26. The van der Waals surface area contributed by atoms with Gasteiger partial charge in [-0.05, 0) is 0 Å². The lowest BCUT2D eigenvalue weighted by Gasteiger charge is -2.04. The highest BCUT2D eigenvalue weighted by atomic mass is 35.5. The molecule has 0 spiro atoms. The molecule has 0 atom stereocenters. The van der Waals surface area contributed by atoms with E-state index in [2.05, 4.69) is 4.98 Å². The van der Waals surface area contributed by atoms with Crippen molar-refractivity contribution in [2.45, 2.75) is 6.61 Å². The summed E-state index contributed by atoms with van der Waals surface area (Å²) in [7, 11) is 0. The Kier molecular flexibility index (Phi) is 5.16. The van der Waals surface area contributed by atoms with Crippen LogP contribution in [0.4, 0.5) is 5.13 Å². The highest BCUT2D eigenvalue weighted by Gasteiger charge is 2.04. The number of rotatable bonds is 3.